The maximum absolute atomic E-state index is 10.5. The Balaban J connectivity index is 1.32. The van der Waals surface area contributed by atoms with Crippen molar-refractivity contribution in [3.63, 3.8) is 0 Å². The molecule has 0 spiro atoms. The van der Waals surface area contributed by atoms with Gasteiger partial charge in [-0.05, 0) is 29.8 Å². The number of halogens is 2. The minimum atomic E-state index is -1.03. The summed E-state index contributed by atoms with van der Waals surface area (Å²) in [5.41, 5.74) is 1.79. The Morgan fingerprint density at radius 3 is 2.78 bits per heavy atom. The number of imidazole rings is 1. The van der Waals surface area contributed by atoms with Crippen LogP contribution in [0.25, 0.3) is 0 Å². The zero-order chi connectivity index (χ0) is 25.4. The zero-order valence-corrected chi connectivity index (χ0v) is 21.0. The molecule has 9 nitrogen and oxygen atoms in total. The number of hydrogen-bond donors (Lipinski definition) is 3. The van der Waals surface area contributed by atoms with Crippen LogP contribution in [-0.4, -0.2) is 53.2 Å². The van der Waals surface area contributed by atoms with E-state index < -0.39 is 11.9 Å². The molecule has 1 saturated heterocycles. The maximum atomic E-state index is 10.5. The Bertz CT molecular complexity index is 1130. The Morgan fingerprint density at radius 1 is 1.22 bits per heavy atom. The van der Waals surface area contributed by atoms with E-state index >= 15 is 0 Å². The van der Waals surface area contributed by atoms with Gasteiger partial charge < -0.3 is 34.5 Å². The molecule has 1 aliphatic heterocycles. The number of carboxylic acid groups (broad SMARTS) is 1. The van der Waals surface area contributed by atoms with Crippen LogP contribution in [0.1, 0.15) is 17.5 Å². The van der Waals surface area contributed by atoms with Gasteiger partial charge in [0, 0.05) is 55.6 Å². The third-order valence-electron chi connectivity index (χ3n) is 5.73. The number of aryl methyl sites for hydroxylation is 1. The summed E-state index contributed by atoms with van der Waals surface area (Å²) in [6.07, 6.45) is 4.58. The first-order valence-corrected chi connectivity index (χ1v) is 12.3. The normalized spacial score (nSPS) is 19.3. The standard InChI is InChI=1S/C25H28Cl2N4O5/c26-19-3-6-22(23(27)13-19)25(7-11-31-12-10-29-17-31)35-16-21(36-25)15-34-20-4-1-18(2-5-20)14-28-8-9-30-24(32)33/h1-6,10,12-13,17,21,28,30H,7-9,11,14-16H2,(H,32,33)/t21-,25-/m1/s1. The first-order chi connectivity index (χ1) is 17.4. The SMILES string of the molecule is O=C(O)NCCNCc1ccc(OC[C@@H]2CO[C@@](CCn3ccnc3)(c3ccc(Cl)cc3Cl)O2)cc1. The van der Waals surface area contributed by atoms with Gasteiger partial charge in [0.05, 0.1) is 18.0 Å². The molecule has 2 atom stereocenters. The molecule has 192 valence electrons. The molecule has 3 aromatic rings. The average Bonchev–Trinajstić information content (AvgIpc) is 3.52. The Hall–Kier alpha value is -2.82. The maximum Gasteiger partial charge on any atom is 0.404 e. The van der Waals surface area contributed by atoms with Gasteiger partial charge in [-0.25, -0.2) is 9.78 Å². The molecule has 0 radical (unpaired) electrons. The number of rotatable bonds is 12. The summed E-state index contributed by atoms with van der Waals surface area (Å²) in [5.74, 6) is -0.305. The van der Waals surface area contributed by atoms with Crippen LogP contribution < -0.4 is 15.4 Å². The lowest BCUT2D eigenvalue weighted by Gasteiger charge is -2.30. The van der Waals surface area contributed by atoms with Crippen molar-refractivity contribution in [2.75, 3.05) is 26.3 Å². The second-order valence-electron chi connectivity index (χ2n) is 8.34. The summed E-state index contributed by atoms with van der Waals surface area (Å²) in [7, 11) is 0. The molecule has 2 aromatic carbocycles. The summed E-state index contributed by atoms with van der Waals surface area (Å²) in [5, 5.41) is 15.1. The second kappa shape index (κ2) is 12.4. The van der Waals surface area contributed by atoms with Crippen molar-refractivity contribution in [1.29, 1.82) is 0 Å². The van der Waals surface area contributed by atoms with Crippen LogP contribution in [0.15, 0.2) is 61.2 Å². The smallest absolute Gasteiger partial charge is 0.404 e. The Kier molecular flexibility index (Phi) is 9.06. The highest BCUT2D eigenvalue weighted by Gasteiger charge is 2.44. The highest BCUT2D eigenvalue weighted by molar-refractivity contribution is 6.35. The van der Waals surface area contributed by atoms with Crippen molar-refractivity contribution in [2.45, 2.75) is 31.4 Å². The van der Waals surface area contributed by atoms with Crippen molar-refractivity contribution in [3.05, 3.63) is 82.4 Å². The van der Waals surface area contributed by atoms with Gasteiger partial charge in [0.25, 0.3) is 0 Å². The predicted molar refractivity (Wildman–Crippen MR) is 135 cm³/mol. The quantitative estimate of drug-likeness (QED) is 0.297. The first-order valence-electron chi connectivity index (χ1n) is 11.6. The van der Waals surface area contributed by atoms with E-state index in [1.165, 1.54) is 0 Å². The number of nitrogens with zero attached hydrogens (tertiary/aromatic N) is 2. The topological polar surface area (TPSA) is 107 Å². The highest BCUT2D eigenvalue weighted by atomic mass is 35.5. The van der Waals surface area contributed by atoms with Crippen molar-refractivity contribution in [2.24, 2.45) is 0 Å². The summed E-state index contributed by atoms with van der Waals surface area (Å²) >= 11 is 12.6. The van der Waals surface area contributed by atoms with Gasteiger partial charge in [0.15, 0.2) is 5.79 Å². The largest absolute Gasteiger partial charge is 0.491 e. The van der Waals surface area contributed by atoms with Crippen LogP contribution in [-0.2, 0) is 28.4 Å². The molecule has 1 amide bonds. The molecule has 0 aliphatic carbocycles. The van der Waals surface area contributed by atoms with Crippen LogP contribution in [0.5, 0.6) is 5.75 Å². The fourth-order valence-electron chi connectivity index (χ4n) is 3.93. The lowest BCUT2D eigenvalue weighted by molar-refractivity contribution is -0.186. The van der Waals surface area contributed by atoms with Crippen molar-refractivity contribution in [3.8, 4) is 5.75 Å². The Labute approximate surface area is 219 Å². The Morgan fingerprint density at radius 2 is 2.06 bits per heavy atom. The van der Waals surface area contributed by atoms with Crippen LogP contribution >= 0.6 is 23.2 Å². The summed E-state index contributed by atoms with van der Waals surface area (Å²) < 4.78 is 20.6. The lowest BCUT2D eigenvalue weighted by Crippen LogP contribution is -2.31. The molecule has 4 rings (SSSR count). The number of carbonyl (C=O) groups is 1. The van der Waals surface area contributed by atoms with E-state index in [9.17, 15) is 4.79 Å². The molecular formula is C25H28Cl2N4O5. The van der Waals surface area contributed by atoms with Crippen LogP contribution in [0.4, 0.5) is 4.79 Å². The lowest BCUT2D eigenvalue weighted by atomic mass is 10.0. The molecule has 36 heavy (non-hydrogen) atoms. The van der Waals surface area contributed by atoms with Gasteiger partial charge in [-0.2, -0.15) is 0 Å². The third-order valence-corrected chi connectivity index (χ3v) is 6.27. The van der Waals surface area contributed by atoms with Gasteiger partial charge in [-0.3, -0.25) is 0 Å². The molecule has 0 saturated carbocycles. The van der Waals surface area contributed by atoms with E-state index in [-0.39, 0.29) is 6.10 Å². The fourth-order valence-corrected chi connectivity index (χ4v) is 4.48. The summed E-state index contributed by atoms with van der Waals surface area (Å²) in [4.78, 5) is 14.6. The van der Waals surface area contributed by atoms with Crippen molar-refractivity contribution >= 4 is 29.3 Å². The molecule has 1 aromatic heterocycles. The van der Waals surface area contributed by atoms with Crippen LogP contribution in [0.3, 0.4) is 0 Å². The number of nitrogens with one attached hydrogen (secondary N) is 2. The van der Waals surface area contributed by atoms with E-state index in [0.717, 1.165) is 16.9 Å². The highest BCUT2D eigenvalue weighted by Crippen LogP contribution is 2.42. The predicted octanol–water partition coefficient (Wildman–Crippen LogP) is 4.28. The minimum absolute atomic E-state index is 0.289. The first kappa shape index (κ1) is 26.2. The molecular weight excluding hydrogens is 507 g/mol. The molecule has 1 fully saturated rings. The van der Waals surface area contributed by atoms with Crippen LogP contribution in [0, 0.1) is 0 Å². The van der Waals surface area contributed by atoms with Gasteiger partial charge in [-0.15, -0.1) is 0 Å². The number of hydrogen-bond acceptors (Lipinski definition) is 6. The van der Waals surface area contributed by atoms with Crippen molar-refractivity contribution in [1.82, 2.24) is 20.2 Å². The summed E-state index contributed by atoms with van der Waals surface area (Å²) in [6, 6.07) is 13.0. The number of aromatic nitrogens is 2. The fraction of sp³-hybridized carbons (Fsp3) is 0.360. The summed E-state index contributed by atoms with van der Waals surface area (Å²) in [6.45, 7) is 2.83. The molecule has 3 N–H and O–H groups in total. The van der Waals surface area contributed by atoms with E-state index in [0.29, 0.717) is 55.9 Å². The van der Waals surface area contributed by atoms with Gasteiger partial charge in [-0.1, -0.05) is 41.4 Å². The third kappa shape index (κ3) is 7.11. The number of amides is 1. The van der Waals surface area contributed by atoms with Gasteiger partial charge >= 0.3 is 6.09 Å². The van der Waals surface area contributed by atoms with E-state index in [1.807, 2.05) is 41.1 Å². The number of benzene rings is 2. The van der Waals surface area contributed by atoms with E-state index in [1.54, 1.807) is 24.7 Å². The van der Waals surface area contributed by atoms with Gasteiger partial charge in [0.2, 0.25) is 0 Å². The number of ether oxygens (including phenoxy) is 3. The van der Waals surface area contributed by atoms with Crippen molar-refractivity contribution < 1.29 is 24.1 Å². The van der Waals surface area contributed by atoms with Crippen LogP contribution in [0.2, 0.25) is 10.0 Å². The van der Waals surface area contributed by atoms with E-state index in [4.69, 9.17) is 42.5 Å². The molecule has 11 heteroatoms. The average molecular weight is 535 g/mol. The molecule has 2 heterocycles. The minimum Gasteiger partial charge on any atom is -0.491 e. The monoisotopic (exact) mass is 534 g/mol. The van der Waals surface area contributed by atoms with Gasteiger partial charge in [0.1, 0.15) is 18.5 Å². The van der Waals surface area contributed by atoms with E-state index in [2.05, 4.69) is 15.6 Å². The second-order valence-corrected chi connectivity index (χ2v) is 9.19. The molecule has 0 bridgehead atoms. The molecule has 1 aliphatic rings. The zero-order valence-electron chi connectivity index (χ0n) is 19.5. The molecule has 0 unspecified atom stereocenters.